The Morgan fingerprint density at radius 1 is 0.596 bits per heavy atom. The van der Waals surface area contributed by atoms with E-state index in [0.29, 0.717) is 46.8 Å². The van der Waals surface area contributed by atoms with E-state index in [1.54, 1.807) is 36.7 Å². The summed E-state index contributed by atoms with van der Waals surface area (Å²) in [5.41, 5.74) is -1.00. The smallest absolute Gasteiger partial charge is 0.280 e. The van der Waals surface area contributed by atoms with E-state index in [1.165, 1.54) is 49.5 Å². The molecular weight excluding hydrogens is 869 g/mol. The monoisotopic (exact) mass is 894 g/mol. The minimum absolute atomic E-state index is 0.116. The van der Waals surface area contributed by atoms with Crippen molar-refractivity contribution in [2.45, 2.75) is 13.1 Å². The molecule has 0 atom stereocenters. The molecule has 8 rings (SSSR count). The van der Waals surface area contributed by atoms with Gasteiger partial charge in [0.05, 0.1) is 53.7 Å². The first-order valence-electron chi connectivity index (χ1n) is 16.4. The number of phenols is 1. The second kappa shape index (κ2) is 17.9. The van der Waals surface area contributed by atoms with Gasteiger partial charge in [-0.3, -0.25) is 19.6 Å². The molecule has 0 aliphatic rings. The molecule has 0 aliphatic heterocycles. The lowest BCUT2D eigenvalue weighted by molar-refractivity contribution is 0.476. The van der Waals surface area contributed by atoms with E-state index in [-0.39, 0.29) is 40.7 Å². The molecule has 0 amide bonds. The number of fused-ring (bicyclic) bond motifs is 2. The van der Waals surface area contributed by atoms with Crippen molar-refractivity contribution in [2.75, 3.05) is 0 Å². The van der Waals surface area contributed by atoms with Gasteiger partial charge in [-0.25, -0.2) is 26.3 Å². The SMILES string of the molecule is Ic1cccnc1.O=c1ncn(Cc2c(F)cc(F)cc2F)c2ccc(O)cc12.O=c1ncn(Cc2c(F)cc(F)cc2F)c2ccc(Oc3cccnc3)cc12. The van der Waals surface area contributed by atoms with Crippen molar-refractivity contribution < 1.29 is 36.2 Å². The standard InChI is InChI=1S/C20H12F3N3O2.C15H9F3N2O2.C5H4IN/c21-12-6-17(22)16(18(23)7-12)10-26-11-25-20(27)15-8-13(3-4-19(15)26)28-14-2-1-5-24-9-14;16-8-3-12(17)11(13(18)4-8)6-20-7-19-15(22)10-5-9(21)1-2-14(10)20;6-5-2-1-3-7-4-5/h1-9,11H,10H2;1-5,7,21H,6H2;1-4H. The summed E-state index contributed by atoms with van der Waals surface area (Å²) in [6.07, 6.45) is 9.04. The molecule has 17 heteroatoms. The summed E-state index contributed by atoms with van der Waals surface area (Å²) in [7, 11) is 0. The highest BCUT2D eigenvalue weighted by molar-refractivity contribution is 14.1. The predicted molar refractivity (Wildman–Crippen MR) is 206 cm³/mol. The number of aromatic nitrogens is 6. The van der Waals surface area contributed by atoms with Gasteiger partial charge < -0.3 is 19.0 Å². The molecule has 0 fully saturated rings. The van der Waals surface area contributed by atoms with Gasteiger partial charge in [-0.05, 0) is 83.3 Å². The minimum atomic E-state index is -1.02. The number of hydrogen-bond donors (Lipinski definition) is 1. The lowest BCUT2D eigenvalue weighted by Crippen LogP contribution is -2.14. The summed E-state index contributed by atoms with van der Waals surface area (Å²) in [6.45, 7) is -0.531. The molecular formula is C40H25F6IN6O4. The van der Waals surface area contributed by atoms with Crippen molar-refractivity contribution in [3.8, 4) is 17.2 Å². The van der Waals surface area contributed by atoms with Crippen molar-refractivity contribution in [3.05, 3.63) is 193 Å². The summed E-state index contributed by atoms with van der Waals surface area (Å²) >= 11 is 2.22. The molecule has 4 aromatic heterocycles. The number of pyridine rings is 2. The van der Waals surface area contributed by atoms with Crippen LogP contribution in [-0.2, 0) is 13.1 Å². The van der Waals surface area contributed by atoms with Gasteiger partial charge >= 0.3 is 0 Å². The average Bonchev–Trinajstić information content (AvgIpc) is 3.17. The lowest BCUT2D eigenvalue weighted by Gasteiger charge is -2.13. The fourth-order valence-electron chi connectivity index (χ4n) is 5.38. The highest BCUT2D eigenvalue weighted by Gasteiger charge is 2.16. The maximum absolute atomic E-state index is 14.0. The molecule has 8 aromatic rings. The van der Waals surface area contributed by atoms with Crippen LogP contribution in [0.5, 0.6) is 17.2 Å². The maximum atomic E-state index is 14.0. The third-order valence-electron chi connectivity index (χ3n) is 8.02. The number of phenolic OH excluding ortho intramolecular Hbond substituents is 1. The Morgan fingerprint density at radius 2 is 1.09 bits per heavy atom. The first kappa shape index (κ1) is 40.0. The number of rotatable bonds is 6. The molecule has 10 nitrogen and oxygen atoms in total. The molecule has 4 heterocycles. The Kier molecular flexibility index (Phi) is 12.6. The van der Waals surface area contributed by atoms with E-state index < -0.39 is 46.0 Å². The van der Waals surface area contributed by atoms with Gasteiger partial charge in [0.1, 0.15) is 52.2 Å². The summed E-state index contributed by atoms with van der Waals surface area (Å²) in [4.78, 5) is 39.0. The van der Waals surface area contributed by atoms with Crippen molar-refractivity contribution in [1.29, 1.82) is 0 Å². The Hall–Kier alpha value is -6.63. The molecule has 57 heavy (non-hydrogen) atoms. The molecule has 0 radical (unpaired) electrons. The summed E-state index contributed by atoms with van der Waals surface area (Å²) in [5, 5.41) is 9.75. The fraction of sp³-hybridized carbons (Fsp3) is 0.0500. The average molecular weight is 895 g/mol. The zero-order valence-corrected chi connectivity index (χ0v) is 31.1. The van der Waals surface area contributed by atoms with Crippen molar-refractivity contribution in [2.24, 2.45) is 0 Å². The minimum Gasteiger partial charge on any atom is -0.508 e. The first-order chi connectivity index (χ1) is 27.4. The molecule has 288 valence electrons. The fourth-order valence-corrected chi connectivity index (χ4v) is 5.75. The van der Waals surface area contributed by atoms with E-state index in [1.807, 2.05) is 18.3 Å². The lowest BCUT2D eigenvalue weighted by atomic mass is 10.1. The van der Waals surface area contributed by atoms with Gasteiger partial charge in [-0.1, -0.05) is 0 Å². The number of hydrogen-bond acceptors (Lipinski definition) is 8. The Balaban J connectivity index is 0.000000168. The van der Waals surface area contributed by atoms with Crippen LogP contribution >= 0.6 is 22.6 Å². The van der Waals surface area contributed by atoms with Crippen LogP contribution in [0.3, 0.4) is 0 Å². The van der Waals surface area contributed by atoms with Gasteiger partial charge in [-0.15, -0.1) is 0 Å². The van der Waals surface area contributed by atoms with Crippen LogP contribution in [0.15, 0.2) is 132 Å². The quantitative estimate of drug-likeness (QED) is 0.131. The molecule has 0 unspecified atom stereocenters. The van der Waals surface area contributed by atoms with Crippen molar-refractivity contribution >= 4 is 44.4 Å². The van der Waals surface area contributed by atoms with Crippen LogP contribution in [0.25, 0.3) is 21.8 Å². The summed E-state index contributed by atoms with van der Waals surface area (Å²) in [5.74, 6) is -5.33. The van der Waals surface area contributed by atoms with Gasteiger partial charge in [0, 0.05) is 57.6 Å². The van der Waals surface area contributed by atoms with Gasteiger partial charge in [0.2, 0.25) is 0 Å². The third-order valence-corrected chi connectivity index (χ3v) is 8.66. The molecule has 0 aliphatic carbocycles. The Morgan fingerprint density at radius 3 is 1.54 bits per heavy atom. The van der Waals surface area contributed by atoms with E-state index in [0.717, 1.165) is 6.33 Å². The van der Waals surface area contributed by atoms with Gasteiger partial charge in [-0.2, -0.15) is 9.97 Å². The molecule has 0 spiro atoms. The molecule has 4 aromatic carbocycles. The number of halogens is 7. The Labute approximate surface area is 331 Å². The van der Waals surface area contributed by atoms with E-state index >= 15 is 0 Å². The van der Waals surface area contributed by atoms with E-state index in [9.17, 15) is 41.0 Å². The van der Waals surface area contributed by atoms with Crippen LogP contribution < -0.4 is 15.9 Å². The maximum Gasteiger partial charge on any atom is 0.280 e. The molecule has 0 saturated heterocycles. The second-order valence-corrected chi connectivity index (χ2v) is 13.1. The molecule has 0 saturated carbocycles. The highest BCUT2D eigenvalue weighted by Crippen LogP contribution is 2.25. The molecule has 1 N–H and O–H groups in total. The van der Waals surface area contributed by atoms with Crippen LogP contribution in [0.4, 0.5) is 26.3 Å². The number of aromatic hydroxyl groups is 1. The number of benzene rings is 4. The van der Waals surface area contributed by atoms with Crippen molar-refractivity contribution in [1.82, 2.24) is 29.1 Å². The van der Waals surface area contributed by atoms with Crippen LogP contribution in [0, 0.1) is 38.5 Å². The highest BCUT2D eigenvalue weighted by atomic mass is 127. The first-order valence-corrected chi connectivity index (χ1v) is 17.5. The zero-order chi connectivity index (χ0) is 40.6. The van der Waals surface area contributed by atoms with Crippen LogP contribution in [0.1, 0.15) is 11.1 Å². The van der Waals surface area contributed by atoms with Gasteiger partial charge in [0.15, 0.2) is 0 Å². The molecule has 0 bridgehead atoms. The third kappa shape index (κ3) is 9.98. The van der Waals surface area contributed by atoms with E-state index in [2.05, 4.69) is 42.5 Å². The Bertz CT molecular complexity index is 2780. The summed E-state index contributed by atoms with van der Waals surface area (Å²) in [6, 6.07) is 18.4. The second-order valence-electron chi connectivity index (χ2n) is 11.9. The van der Waals surface area contributed by atoms with E-state index in [4.69, 9.17) is 4.74 Å². The predicted octanol–water partition coefficient (Wildman–Crippen LogP) is 8.30. The largest absolute Gasteiger partial charge is 0.508 e. The normalized spacial score (nSPS) is 10.7. The van der Waals surface area contributed by atoms with Crippen LogP contribution in [-0.4, -0.2) is 34.2 Å². The van der Waals surface area contributed by atoms with Crippen molar-refractivity contribution in [3.63, 3.8) is 0 Å². The van der Waals surface area contributed by atoms with Crippen LogP contribution in [0.2, 0.25) is 0 Å². The number of ether oxygens (including phenoxy) is 1. The topological polar surface area (TPSA) is 125 Å². The summed E-state index contributed by atoms with van der Waals surface area (Å²) < 4.78 is 91.0. The number of nitrogens with zero attached hydrogens (tertiary/aromatic N) is 6. The zero-order valence-electron chi connectivity index (χ0n) is 29.0. The van der Waals surface area contributed by atoms with Gasteiger partial charge in [0.25, 0.3) is 11.1 Å².